The molecule has 1 aliphatic heterocycles. The highest BCUT2D eigenvalue weighted by Crippen LogP contribution is 2.20. The molecule has 1 amide bonds. The molecule has 1 fully saturated rings. The van der Waals surface area contributed by atoms with Crippen molar-refractivity contribution in [3.8, 4) is 5.75 Å². The fourth-order valence-corrected chi connectivity index (χ4v) is 2.84. The Kier molecular flexibility index (Phi) is 4.59. The van der Waals surface area contributed by atoms with Crippen molar-refractivity contribution < 1.29 is 9.53 Å². The van der Waals surface area contributed by atoms with Gasteiger partial charge >= 0.3 is 0 Å². The van der Waals surface area contributed by atoms with Gasteiger partial charge in [-0.1, -0.05) is 37.3 Å². The summed E-state index contributed by atoms with van der Waals surface area (Å²) in [5.41, 5.74) is 0. The SMILES string of the molecule is CC1CCNCC1NC(=O)COc1ccc2ccccc2c1. The summed E-state index contributed by atoms with van der Waals surface area (Å²) in [5.74, 6) is 1.17. The first-order chi connectivity index (χ1) is 10.7. The number of piperidine rings is 1. The zero-order valence-corrected chi connectivity index (χ0v) is 12.8. The fraction of sp³-hybridized carbons (Fsp3) is 0.389. The van der Waals surface area contributed by atoms with Crippen LogP contribution in [0.2, 0.25) is 0 Å². The van der Waals surface area contributed by atoms with Crippen LogP contribution < -0.4 is 15.4 Å². The van der Waals surface area contributed by atoms with Crippen molar-refractivity contribution in [3.05, 3.63) is 42.5 Å². The van der Waals surface area contributed by atoms with Crippen LogP contribution in [0.3, 0.4) is 0 Å². The van der Waals surface area contributed by atoms with E-state index in [0.29, 0.717) is 5.92 Å². The largest absolute Gasteiger partial charge is 0.484 e. The number of hydrogen-bond donors (Lipinski definition) is 2. The fourth-order valence-electron chi connectivity index (χ4n) is 2.84. The van der Waals surface area contributed by atoms with Crippen molar-refractivity contribution in [2.45, 2.75) is 19.4 Å². The number of ether oxygens (including phenoxy) is 1. The van der Waals surface area contributed by atoms with Gasteiger partial charge in [-0.15, -0.1) is 0 Å². The Labute approximate surface area is 130 Å². The summed E-state index contributed by atoms with van der Waals surface area (Å²) in [6.07, 6.45) is 1.09. The molecule has 2 unspecified atom stereocenters. The summed E-state index contributed by atoms with van der Waals surface area (Å²) in [7, 11) is 0. The molecular formula is C18H22N2O2. The third kappa shape index (κ3) is 3.57. The first kappa shape index (κ1) is 14.9. The Morgan fingerprint density at radius 3 is 2.91 bits per heavy atom. The van der Waals surface area contributed by atoms with Gasteiger partial charge in [0.15, 0.2) is 6.61 Å². The number of rotatable bonds is 4. The monoisotopic (exact) mass is 298 g/mol. The van der Waals surface area contributed by atoms with E-state index in [1.807, 2.05) is 36.4 Å². The Morgan fingerprint density at radius 1 is 1.27 bits per heavy atom. The van der Waals surface area contributed by atoms with Gasteiger partial charge in [-0.3, -0.25) is 4.79 Å². The molecule has 0 radical (unpaired) electrons. The van der Waals surface area contributed by atoms with Crippen molar-refractivity contribution in [1.82, 2.24) is 10.6 Å². The molecule has 0 saturated carbocycles. The molecule has 1 saturated heterocycles. The van der Waals surface area contributed by atoms with Gasteiger partial charge in [0.1, 0.15) is 5.75 Å². The molecule has 22 heavy (non-hydrogen) atoms. The summed E-state index contributed by atoms with van der Waals surface area (Å²) in [5, 5.41) is 8.64. The van der Waals surface area contributed by atoms with Gasteiger partial charge < -0.3 is 15.4 Å². The molecule has 0 aliphatic carbocycles. The van der Waals surface area contributed by atoms with Crippen LogP contribution in [0.25, 0.3) is 10.8 Å². The quantitative estimate of drug-likeness (QED) is 0.911. The van der Waals surface area contributed by atoms with E-state index in [1.165, 1.54) is 5.39 Å². The Hall–Kier alpha value is -2.07. The second-order valence-electron chi connectivity index (χ2n) is 5.94. The second-order valence-corrected chi connectivity index (χ2v) is 5.94. The van der Waals surface area contributed by atoms with Crippen molar-refractivity contribution >= 4 is 16.7 Å². The first-order valence-electron chi connectivity index (χ1n) is 7.84. The highest BCUT2D eigenvalue weighted by atomic mass is 16.5. The van der Waals surface area contributed by atoms with Crippen molar-refractivity contribution in [2.75, 3.05) is 19.7 Å². The maximum Gasteiger partial charge on any atom is 0.258 e. The third-order valence-corrected chi connectivity index (χ3v) is 4.26. The molecule has 1 aliphatic rings. The average molecular weight is 298 g/mol. The number of carbonyl (C=O) groups is 1. The van der Waals surface area contributed by atoms with Crippen LogP contribution in [-0.4, -0.2) is 31.6 Å². The van der Waals surface area contributed by atoms with E-state index < -0.39 is 0 Å². The molecule has 0 bridgehead atoms. The van der Waals surface area contributed by atoms with Gasteiger partial charge in [0.2, 0.25) is 0 Å². The lowest BCUT2D eigenvalue weighted by molar-refractivity contribution is -0.124. The minimum atomic E-state index is -0.0614. The number of carbonyl (C=O) groups excluding carboxylic acids is 1. The molecule has 2 aromatic carbocycles. The van der Waals surface area contributed by atoms with Crippen LogP contribution in [0.4, 0.5) is 0 Å². The summed E-state index contributed by atoms with van der Waals surface area (Å²) < 4.78 is 5.62. The molecule has 116 valence electrons. The first-order valence-corrected chi connectivity index (χ1v) is 7.84. The van der Waals surface area contributed by atoms with Gasteiger partial charge in [-0.2, -0.15) is 0 Å². The van der Waals surface area contributed by atoms with Crippen molar-refractivity contribution in [1.29, 1.82) is 0 Å². The molecule has 2 aromatic rings. The minimum absolute atomic E-state index is 0.0571. The molecule has 3 rings (SSSR count). The summed E-state index contributed by atoms with van der Waals surface area (Å²) in [4.78, 5) is 12.0. The van der Waals surface area contributed by atoms with E-state index in [4.69, 9.17) is 4.74 Å². The van der Waals surface area contributed by atoms with E-state index in [1.54, 1.807) is 0 Å². The molecule has 1 heterocycles. The minimum Gasteiger partial charge on any atom is -0.484 e. The lowest BCUT2D eigenvalue weighted by atomic mass is 9.95. The molecule has 0 aromatic heterocycles. The van der Waals surface area contributed by atoms with Gasteiger partial charge in [-0.25, -0.2) is 0 Å². The van der Waals surface area contributed by atoms with Gasteiger partial charge in [0.25, 0.3) is 5.91 Å². The summed E-state index contributed by atoms with van der Waals surface area (Å²) in [6, 6.07) is 14.2. The maximum absolute atomic E-state index is 12.0. The van der Waals surface area contributed by atoms with E-state index in [2.05, 4.69) is 23.6 Å². The normalized spacial score (nSPS) is 21.5. The average Bonchev–Trinajstić information content (AvgIpc) is 2.55. The lowest BCUT2D eigenvalue weighted by Gasteiger charge is -2.30. The molecule has 4 heteroatoms. The lowest BCUT2D eigenvalue weighted by Crippen LogP contribution is -2.51. The zero-order valence-electron chi connectivity index (χ0n) is 12.8. The van der Waals surface area contributed by atoms with Crippen LogP contribution in [-0.2, 0) is 4.79 Å². The van der Waals surface area contributed by atoms with Gasteiger partial charge in [0.05, 0.1) is 0 Å². The van der Waals surface area contributed by atoms with E-state index in [9.17, 15) is 4.79 Å². The zero-order chi connectivity index (χ0) is 15.4. The number of fused-ring (bicyclic) bond motifs is 1. The van der Waals surface area contributed by atoms with E-state index in [-0.39, 0.29) is 18.6 Å². The molecule has 0 spiro atoms. The van der Waals surface area contributed by atoms with Gasteiger partial charge in [0, 0.05) is 12.6 Å². The summed E-state index contributed by atoms with van der Waals surface area (Å²) in [6.45, 7) is 4.10. The van der Waals surface area contributed by atoms with Crippen LogP contribution in [0.1, 0.15) is 13.3 Å². The van der Waals surface area contributed by atoms with Crippen LogP contribution in [0.15, 0.2) is 42.5 Å². The standard InChI is InChI=1S/C18H22N2O2/c1-13-8-9-19-11-17(13)20-18(21)12-22-16-7-6-14-4-2-3-5-15(14)10-16/h2-7,10,13,17,19H,8-9,11-12H2,1H3,(H,20,21). The van der Waals surface area contributed by atoms with Crippen LogP contribution in [0, 0.1) is 5.92 Å². The predicted molar refractivity (Wildman–Crippen MR) is 88.0 cm³/mol. The molecular weight excluding hydrogens is 276 g/mol. The van der Waals surface area contributed by atoms with Crippen molar-refractivity contribution in [3.63, 3.8) is 0 Å². The summed E-state index contributed by atoms with van der Waals surface area (Å²) >= 11 is 0. The van der Waals surface area contributed by atoms with Crippen LogP contribution in [0.5, 0.6) is 5.75 Å². The Balaban J connectivity index is 1.55. The number of nitrogens with one attached hydrogen (secondary N) is 2. The van der Waals surface area contributed by atoms with Gasteiger partial charge in [-0.05, 0) is 41.8 Å². The number of amides is 1. The van der Waals surface area contributed by atoms with Crippen LogP contribution >= 0.6 is 0 Å². The number of benzene rings is 2. The highest BCUT2D eigenvalue weighted by Gasteiger charge is 2.22. The number of hydrogen-bond acceptors (Lipinski definition) is 3. The van der Waals surface area contributed by atoms with E-state index >= 15 is 0 Å². The topological polar surface area (TPSA) is 50.4 Å². The van der Waals surface area contributed by atoms with Crippen molar-refractivity contribution in [2.24, 2.45) is 5.92 Å². The smallest absolute Gasteiger partial charge is 0.258 e. The molecule has 2 atom stereocenters. The Morgan fingerprint density at radius 2 is 2.09 bits per heavy atom. The predicted octanol–water partition coefficient (Wildman–Crippen LogP) is 2.33. The molecule has 2 N–H and O–H groups in total. The second kappa shape index (κ2) is 6.79. The molecule has 4 nitrogen and oxygen atoms in total. The maximum atomic E-state index is 12.0. The highest BCUT2D eigenvalue weighted by molar-refractivity contribution is 5.84. The third-order valence-electron chi connectivity index (χ3n) is 4.26. The Bertz CT molecular complexity index is 656. The van der Waals surface area contributed by atoms with E-state index in [0.717, 1.165) is 30.6 Å².